The van der Waals surface area contributed by atoms with Crippen LogP contribution in [0, 0.1) is 5.92 Å². The quantitative estimate of drug-likeness (QED) is 0.674. The Hall–Kier alpha value is -0.0800. The first kappa shape index (κ1) is 11.0. The Morgan fingerprint density at radius 1 is 1.08 bits per heavy atom. The SMILES string of the molecule is CCC1OC(C)(C(C)C)OC1CC. The average Bonchev–Trinajstić information content (AvgIpc) is 2.43. The normalized spacial score (nSPS) is 40.2. The van der Waals surface area contributed by atoms with Crippen LogP contribution in [-0.4, -0.2) is 18.0 Å². The Labute approximate surface area is 81.6 Å². The van der Waals surface area contributed by atoms with Gasteiger partial charge in [0.15, 0.2) is 5.79 Å². The lowest BCUT2D eigenvalue weighted by molar-refractivity contribution is -0.190. The van der Waals surface area contributed by atoms with Crippen molar-refractivity contribution in [3.8, 4) is 0 Å². The summed E-state index contributed by atoms with van der Waals surface area (Å²) in [4.78, 5) is 0. The molecule has 0 aromatic heterocycles. The van der Waals surface area contributed by atoms with Crippen LogP contribution in [-0.2, 0) is 9.47 Å². The molecule has 0 aromatic rings. The zero-order chi connectivity index (χ0) is 10.1. The first-order valence-corrected chi connectivity index (χ1v) is 5.39. The van der Waals surface area contributed by atoms with Crippen molar-refractivity contribution in [3.05, 3.63) is 0 Å². The van der Waals surface area contributed by atoms with Gasteiger partial charge in [0.25, 0.3) is 0 Å². The third kappa shape index (κ3) is 2.05. The molecule has 13 heavy (non-hydrogen) atoms. The predicted octanol–water partition coefficient (Wildman–Crippen LogP) is 2.96. The van der Waals surface area contributed by atoms with E-state index < -0.39 is 0 Å². The van der Waals surface area contributed by atoms with Gasteiger partial charge in [-0.1, -0.05) is 27.7 Å². The molecule has 1 heterocycles. The third-order valence-electron chi connectivity index (χ3n) is 3.04. The summed E-state index contributed by atoms with van der Waals surface area (Å²) in [6, 6.07) is 0. The fraction of sp³-hybridized carbons (Fsp3) is 1.00. The molecular weight excluding hydrogens is 164 g/mol. The van der Waals surface area contributed by atoms with E-state index in [4.69, 9.17) is 9.47 Å². The predicted molar refractivity (Wildman–Crippen MR) is 53.6 cm³/mol. The molecule has 1 saturated heterocycles. The van der Waals surface area contributed by atoms with Gasteiger partial charge in [-0.05, 0) is 19.8 Å². The second-order valence-corrected chi connectivity index (χ2v) is 4.30. The summed E-state index contributed by atoms with van der Waals surface area (Å²) in [5.74, 6) is 0.0551. The third-order valence-corrected chi connectivity index (χ3v) is 3.04. The van der Waals surface area contributed by atoms with E-state index in [0.29, 0.717) is 5.92 Å². The lowest BCUT2D eigenvalue weighted by Crippen LogP contribution is -2.33. The minimum absolute atomic E-state index is 0.289. The summed E-state index contributed by atoms with van der Waals surface area (Å²) in [7, 11) is 0. The van der Waals surface area contributed by atoms with Gasteiger partial charge >= 0.3 is 0 Å². The number of hydrogen-bond acceptors (Lipinski definition) is 2. The van der Waals surface area contributed by atoms with Gasteiger partial charge in [0.05, 0.1) is 12.2 Å². The van der Waals surface area contributed by atoms with Crippen LogP contribution in [0.15, 0.2) is 0 Å². The fourth-order valence-corrected chi connectivity index (χ4v) is 1.75. The number of ether oxygens (including phenoxy) is 2. The van der Waals surface area contributed by atoms with Crippen LogP contribution in [0.5, 0.6) is 0 Å². The Morgan fingerprint density at radius 2 is 1.46 bits per heavy atom. The lowest BCUT2D eigenvalue weighted by atomic mass is 10.1. The highest BCUT2D eigenvalue weighted by Gasteiger charge is 2.44. The Bertz CT molecular complexity index is 153. The zero-order valence-corrected chi connectivity index (χ0v) is 9.46. The highest BCUT2D eigenvalue weighted by Crippen LogP contribution is 2.36. The maximum absolute atomic E-state index is 5.94. The summed E-state index contributed by atoms with van der Waals surface area (Å²) in [5, 5.41) is 0. The summed E-state index contributed by atoms with van der Waals surface area (Å²) in [6.45, 7) is 10.6. The first-order chi connectivity index (χ1) is 6.03. The standard InChI is InChI=1S/C11H22O2/c1-6-9-10(7-2)13-11(5,12-9)8(3)4/h8-10H,6-7H2,1-5H3. The van der Waals surface area contributed by atoms with Crippen molar-refractivity contribution >= 4 is 0 Å². The molecular formula is C11H22O2. The average molecular weight is 186 g/mol. The van der Waals surface area contributed by atoms with Crippen molar-refractivity contribution in [2.24, 2.45) is 5.92 Å². The van der Waals surface area contributed by atoms with Crippen LogP contribution in [0.2, 0.25) is 0 Å². The summed E-state index contributed by atoms with van der Waals surface area (Å²) < 4.78 is 11.9. The maximum Gasteiger partial charge on any atom is 0.168 e. The summed E-state index contributed by atoms with van der Waals surface area (Å²) in [6.07, 6.45) is 2.66. The molecule has 2 unspecified atom stereocenters. The summed E-state index contributed by atoms with van der Waals surface area (Å²) in [5.41, 5.74) is 0. The molecule has 0 aromatic carbocycles. The molecule has 1 rings (SSSR count). The Morgan fingerprint density at radius 3 is 1.69 bits per heavy atom. The van der Waals surface area contributed by atoms with E-state index in [1.54, 1.807) is 0 Å². The van der Waals surface area contributed by atoms with E-state index >= 15 is 0 Å². The molecule has 1 aliphatic heterocycles. The molecule has 2 nitrogen and oxygen atoms in total. The van der Waals surface area contributed by atoms with Gasteiger partial charge in [0, 0.05) is 5.92 Å². The first-order valence-electron chi connectivity index (χ1n) is 5.39. The largest absolute Gasteiger partial charge is 0.344 e. The minimum atomic E-state index is -0.360. The summed E-state index contributed by atoms with van der Waals surface area (Å²) >= 11 is 0. The van der Waals surface area contributed by atoms with Gasteiger partial charge < -0.3 is 9.47 Å². The molecule has 0 saturated carbocycles. The monoisotopic (exact) mass is 186 g/mol. The van der Waals surface area contributed by atoms with Gasteiger partial charge in [0.2, 0.25) is 0 Å². The second-order valence-electron chi connectivity index (χ2n) is 4.30. The molecule has 1 fully saturated rings. The van der Waals surface area contributed by atoms with Crippen molar-refractivity contribution in [2.75, 3.05) is 0 Å². The molecule has 2 heteroatoms. The van der Waals surface area contributed by atoms with Gasteiger partial charge in [-0.15, -0.1) is 0 Å². The van der Waals surface area contributed by atoms with E-state index in [1.165, 1.54) is 0 Å². The van der Waals surface area contributed by atoms with Gasteiger partial charge in [-0.2, -0.15) is 0 Å². The molecule has 0 radical (unpaired) electrons. The Kier molecular flexibility index (Phi) is 3.36. The van der Waals surface area contributed by atoms with E-state index in [1.807, 2.05) is 0 Å². The van der Waals surface area contributed by atoms with Crippen molar-refractivity contribution in [2.45, 2.75) is 65.5 Å². The highest BCUT2D eigenvalue weighted by atomic mass is 16.8. The van der Waals surface area contributed by atoms with E-state index in [0.717, 1.165) is 12.8 Å². The number of hydrogen-bond donors (Lipinski definition) is 0. The molecule has 0 spiro atoms. The molecule has 0 amide bonds. The Balaban J connectivity index is 2.66. The van der Waals surface area contributed by atoms with Crippen LogP contribution in [0.4, 0.5) is 0 Å². The molecule has 0 N–H and O–H groups in total. The smallest absolute Gasteiger partial charge is 0.168 e. The zero-order valence-electron chi connectivity index (χ0n) is 9.46. The minimum Gasteiger partial charge on any atom is -0.344 e. The maximum atomic E-state index is 5.94. The fourth-order valence-electron chi connectivity index (χ4n) is 1.75. The van der Waals surface area contributed by atoms with Crippen molar-refractivity contribution in [1.82, 2.24) is 0 Å². The second kappa shape index (κ2) is 3.97. The van der Waals surface area contributed by atoms with E-state index in [-0.39, 0.29) is 18.0 Å². The number of rotatable bonds is 3. The van der Waals surface area contributed by atoms with E-state index in [9.17, 15) is 0 Å². The molecule has 0 aliphatic carbocycles. The highest BCUT2D eigenvalue weighted by molar-refractivity contribution is 4.83. The van der Waals surface area contributed by atoms with Crippen LogP contribution in [0.1, 0.15) is 47.5 Å². The van der Waals surface area contributed by atoms with Gasteiger partial charge in [0.1, 0.15) is 0 Å². The van der Waals surface area contributed by atoms with Gasteiger partial charge in [-0.25, -0.2) is 0 Å². The molecule has 1 aliphatic rings. The van der Waals surface area contributed by atoms with Crippen LogP contribution in [0.25, 0.3) is 0 Å². The molecule has 0 bridgehead atoms. The van der Waals surface area contributed by atoms with Gasteiger partial charge in [-0.3, -0.25) is 0 Å². The van der Waals surface area contributed by atoms with Crippen LogP contribution < -0.4 is 0 Å². The van der Waals surface area contributed by atoms with E-state index in [2.05, 4.69) is 34.6 Å². The van der Waals surface area contributed by atoms with Crippen molar-refractivity contribution in [3.63, 3.8) is 0 Å². The topological polar surface area (TPSA) is 18.5 Å². The van der Waals surface area contributed by atoms with Crippen molar-refractivity contribution in [1.29, 1.82) is 0 Å². The van der Waals surface area contributed by atoms with Crippen LogP contribution in [0.3, 0.4) is 0 Å². The molecule has 2 atom stereocenters. The van der Waals surface area contributed by atoms with Crippen molar-refractivity contribution < 1.29 is 9.47 Å². The van der Waals surface area contributed by atoms with Crippen LogP contribution >= 0.6 is 0 Å². The lowest BCUT2D eigenvalue weighted by Gasteiger charge is -2.27. The molecule has 78 valence electrons.